The van der Waals surface area contributed by atoms with Crippen molar-refractivity contribution in [3.8, 4) is 11.3 Å². The second kappa shape index (κ2) is 7.57. The first-order chi connectivity index (χ1) is 15.2. The van der Waals surface area contributed by atoms with E-state index in [0.29, 0.717) is 11.3 Å². The molecule has 1 atom stereocenters. The molecule has 174 valence electrons. The van der Waals surface area contributed by atoms with Crippen molar-refractivity contribution in [3.05, 3.63) is 41.2 Å². The number of rotatable bonds is 2. The van der Waals surface area contributed by atoms with Gasteiger partial charge in [-0.05, 0) is 67.5 Å². The van der Waals surface area contributed by atoms with Crippen LogP contribution in [-0.4, -0.2) is 43.0 Å². The van der Waals surface area contributed by atoms with E-state index in [1.165, 1.54) is 0 Å². The quantitative estimate of drug-likeness (QED) is 0.528. The molecular weight excluding hydrogens is 418 g/mol. The molecule has 2 N–H and O–H groups in total. The van der Waals surface area contributed by atoms with Crippen LogP contribution in [0, 0.1) is 6.92 Å². The maximum Gasteiger partial charge on any atom is 0.417 e. The lowest BCUT2D eigenvalue weighted by molar-refractivity contribution is 0.0200. The smallest absolute Gasteiger partial charge is 0.417 e. The highest BCUT2D eigenvalue weighted by molar-refractivity contribution is 6.08. The fourth-order valence-corrected chi connectivity index (χ4v) is 3.97. The lowest BCUT2D eigenvalue weighted by Gasteiger charge is -2.26. The average molecular weight is 450 g/mol. The number of aromatic nitrogens is 3. The average Bonchev–Trinajstić information content (AvgIpc) is 3.19. The van der Waals surface area contributed by atoms with Crippen LogP contribution in [0.1, 0.15) is 76.3 Å². The molecule has 1 unspecified atom stereocenters. The van der Waals surface area contributed by atoms with Crippen LogP contribution >= 0.6 is 0 Å². The highest BCUT2D eigenvalue weighted by Crippen LogP contribution is 2.38. The van der Waals surface area contributed by atoms with Gasteiger partial charge in [0.1, 0.15) is 16.9 Å². The Bertz CT molecular complexity index is 1260. The Morgan fingerprint density at radius 2 is 1.82 bits per heavy atom. The van der Waals surface area contributed by atoms with Gasteiger partial charge in [-0.1, -0.05) is 12.1 Å². The number of ether oxygens (including phenoxy) is 1. The first-order valence-corrected chi connectivity index (χ1v) is 11.1. The van der Waals surface area contributed by atoms with E-state index in [-0.39, 0.29) is 11.4 Å². The molecule has 0 saturated carbocycles. The summed E-state index contributed by atoms with van der Waals surface area (Å²) in [4.78, 5) is 39.8. The number of hydrogen-bond acceptors (Lipinski definition) is 6. The third kappa shape index (κ3) is 4.29. The number of imide groups is 1. The zero-order chi connectivity index (χ0) is 24.3. The van der Waals surface area contributed by atoms with Gasteiger partial charge in [0.15, 0.2) is 0 Å². The fraction of sp³-hybridized carbons (Fsp3) is 0.440. The minimum atomic E-state index is -0.683. The summed E-state index contributed by atoms with van der Waals surface area (Å²) >= 11 is 0. The van der Waals surface area contributed by atoms with Crippen molar-refractivity contribution in [2.45, 2.75) is 72.6 Å². The van der Waals surface area contributed by atoms with Crippen LogP contribution in [0.2, 0.25) is 0 Å². The SMILES string of the molecule is Cc1nc2cccc(-c3cc4c([nH]3)C(C)N(C(=O)OC(C)(C)C)C4=O)c2nc1NC(C)(C)C. The van der Waals surface area contributed by atoms with Crippen LogP contribution in [0.15, 0.2) is 24.3 Å². The zero-order valence-corrected chi connectivity index (χ0v) is 20.5. The number of amides is 2. The number of nitrogens with zero attached hydrogens (tertiary/aromatic N) is 3. The summed E-state index contributed by atoms with van der Waals surface area (Å²) in [6.07, 6.45) is -0.643. The highest BCUT2D eigenvalue weighted by Gasteiger charge is 2.42. The molecule has 0 saturated heterocycles. The molecule has 8 heteroatoms. The van der Waals surface area contributed by atoms with Gasteiger partial charge in [0.05, 0.1) is 28.5 Å². The third-order valence-electron chi connectivity index (χ3n) is 5.35. The molecule has 0 aliphatic carbocycles. The molecule has 3 aromatic rings. The number of nitrogens with one attached hydrogen (secondary N) is 2. The molecule has 0 spiro atoms. The first kappa shape index (κ1) is 22.8. The topological polar surface area (TPSA) is 100 Å². The number of carbonyl (C=O) groups is 2. The number of H-pyrrole nitrogens is 1. The number of para-hydroxylation sites is 1. The Labute approximate surface area is 193 Å². The monoisotopic (exact) mass is 449 g/mol. The van der Waals surface area contributed by atoms with Crippen LogP contribution in [0.4, 0.5) is 10.6 Å². The van der Waals surface area contributed by atoms with Gasteiger partial charge in [-0.2, -0.15) is 0 Å². The van der Waals surface area contributed by atoms with Gasteiger partial charge in [-0.25, -0.2) is 19.7 Å². The molecule has 2 aromatic heterocycles. The van der Waals surface area contributed by atoms with E-state index in [9.17, 15) is 9.59 Å². The number of carbonyl (C=O) groups excluding carboxylic acids is 2. The van der Waals surface area contributed by atoms with Crippen molar-refractivity contribution in [1.82, 2.24) is 19.9 Å². The summed E-state index contributed by atoms with van der Waals surface area (Å²) in [5.74, 6) is 0.355. The van der Waals surface area contributed by atoms with Gasteiger partial charge in [-0.15, -0.1) is 0 Å². The summed E-state index contributed by atoms with van der Waals surface area (Å²) in [6, 6.07) is 7.12. The Balaban J connectivity index is 1.74. The standard InChI is InChI=1S/C25H31N5O3/c1-13-21(29-24(3,4)5)28-20-15(10-9-11-17(20)26-13)18-12-16-19(27-18)14(2)30(22(16)31)23(32)33-25(6,7)8/h9-12,14,27H,1-8H3,(H,28,29). The number of aromatic amines is 1. The van der Waals surface area contributed by atoms with Gasteiger partial charge in [-0.3, -0.25) is 4.79 Å². The van der Waals surface area contributed by atoms with E-state index in [4.69, 9.17) is 14.7 Å². The molecular formula is C25H31N5O3. The van der Waals surface area contributed by atoms with Crippen molar-refractivity contribution >= 4 is 28.9 Å². The van der Waals surface area contributed by atoms with E-state index >= 15 is 0 Å². The van der Waals surface area contributed by atoms with E-state index in [2.05, 4.69) is 31.1 Å². The zero-order valence-electron chi connectivity index (χ0n) is 20.5. The third-order valence-corrected chi connectivity index (χ3v) is 5.35. The van der Waals surface area contributed by atoms with Gasteiger partial charge in [0, 0.05) is 16.8 Å². The Hall–Kier alpha value is -3.42. The van der Waals surface area contributed by atoms with Crippen LogP contribution < -0.4 is 5.32 Å². The summed E-state index contributed by atoms with van der Waals surface area (Å²) in [7, 11) is 0. The number of anilines is 1. The van der Waals surface area contributed by atoms with Crippen LogP contribution in [0.25, 0.3) is 22.3 Å². The molecule has 1 aliphatic heterocycles. The van der Waals surface area contributed by atoms with Crippen molar-refractivity contribution in [1.29, 1.82) is 0 Å². The molecule has 2 amide bonds. The maximum atomic E-state index is 13.1. The number of hydrogen-bond donors (Lipinski definition) is 2. The summed E-state index contributed by atoms with van der Waals surface area (Å²) < 4.78 is 5.43. The Morgan fingerprint density at radius 1 is 1.12 bits per heavy atom. The fourth-order valence-electron chi connectivity index (χ4n) is 3.97. The Kier molecular flexibility index (Phi) is 5.22. The van der Waals surface area contributed by atoms with Crippen LogP contribution in [0.5, 0.6) is 0 Å². The molecule has 1 aromatic carbocycles. The van der Waals surface area contributed by atoms with E-state index in [0.717, 1.165) is 38.7 Å². The summed E-state index contributed by atoms with van der Waals surface area (Å²) in [5, 5.41) is 3.41. The summed E-state index contributed by atoms with van der Waals surface area (Å²) in [6.45, 7) is 15.3. The Morgan fingerprint density at radius 3 is 2.42 bits per heavy atom. The first-order valence-electron chi connectivity index (χ1n) is 11.1. The second-order valence-corrected chi connectivity index (χ2v) is 10.5. The molecule has 4 rings (SSSR count). The molecule has 8 nitrogen and oxygen atoms in total. The van der Waals surface area contributed by atoms with Gasteiger partial charge in [0.25, 0.3) is 5.91 Å². The molecule has 0 radical (unpaired) electrons. The van der Waals surface area contributed by atoms with Crippen LogP contribution in [0.3, 0.4) is 0 Å². The summed E-state index contributed by atoms with van der Waals surface area (Å²) in [5.41, 5.74) is 4.23. The van der Waals surface area contributed by atoms with Crippen molar-refractivity contribution < 1.29 is 14.3 Å². The van der Waals surface area contributed by atoms with E-state index in [1.54, 1.807) is 26.8 Å². The number of aryl methyl sites for hydroxylation is 1. The molecule has 33 heavy (non-hydrogen) atoms. The van der Waals surface area contributed by atoms with Crippen LogP contribution in [-0.2, 0) is 4.74 Å². The predicted molar refractivity (Wildman–Crippen MR) is 128 cm³/mol. The minimum Gasteiger partial charge on any atom is -0.443 e. The van der Waals surface area contributed by atoms with E-state index in [1.807, 2.05) is 32.0 Å². The molecule has 0 fully saturated rings. The second-order valence-electron chi connectivity index (χ2n) is 10.5. The number of fused-ring (bicyclic) bond motifs is 2. The predicted octanol–water partition coefficient (Wildman–Crippen LogP) is 5.60. The van der Waals surface area contributed by atoms with Crippen molar-refractivity contribution in [3.63, 3.8) is 0 Å². The van der Waals surface area contributed by atoms with Gasteiger partial charge in [0.2, 0.25) is 0 Å². The van der Waals surface area contributed by atoms with Crippen molar-refractivity contribution in [2.24, 2.45) is 0 Å². The lowest BCUT2D eigenvalue weighted by Crippen LogP contribution is -2.38. The van der Waals surface area contributed by atoms with Crippen molar-refractivity contribution in [2.75, 3.05) is 5.32 Å². The molecule has 1 aliphatic rings. The lowest BCUT2D eigenvalue weighted by atomic mass is 10.1. The van der Waals surface area contributed by atoms with Gasteiger partial charge >= 0.3 is 6.09 Å². The highest BCUT2D eigenvalue weighted by atomic mass is 16.6. The molecule has 3 heterocycles. The van der Waals surface area contributed by atoms with E-state index < -0.39 is 17.7 Å². The largest absolute Gasteiger partial charge is 0.443 e. The number of benzene rings is 1. The normalized spacial score (nSPS) is 16.3. The molecule has 0 bridgehead atoms. The van der Waals surface area contributed by atoms with Gasteiger partial charge < -0.3 is 15.0 Å². The maximum absolute atomic E-state index is 13.1. The minimum absolute atomic E-state index is 0.164.